The van der Waals surface area contributed by atoms with Crippen molar-refractivity contribution in [3.8, 4) is 0 Å². The zero-order valence-electron chi connectivity index (χ0n) is 9.26. The van der Waals surface area contributed by atoms with Crippen LogP contribution in [-0.2, 0) is 14.7 Å². The third-order valence-electron chi connectivity index (χ3n) is 2.40. The summed E-state index contributed by atoms with van der Waals surface area (Å²) in [5.41, 5.74) is 1.16. The first kappa shape index (κ1) is 11.7. The number of rotatable bonds is 4. The predicted molar refractivity (Wildman–Crippen MR) is 71.5 cm³/mol. The minimum Gasteiger partial charge on any atom is -0.388 e. The normalized spacial score (nSPS) is 10.1. The molecule has 0 atom stereocenters. The largest absolute Gasteiger partial charge is 0.388 e. The summed E-state index contributed by atoms with van der Waals surface area (Å²) in [6, 6.07) is 14.3. The van der Waals surface area contributed by atoms with Crippen LogP contribution >= 0.6 is 12.0 Å². The molecule has 0 aromatic heterocycles. The highest BCUT2D eigenvalue weighted by molar-refractivity contribution is 7.94. The van der Waals surface area contributed by atoms with Gasteiger partial charge in [0.25, 0.3) is 0 Å². The van der Waals surface area contributed by atoms with Gasteiger partial charge in [0.1, 0.15) is 0 Å². The fourth-order valence-electron chi connectivity index (χ4n) is 1.60. The topological polar surface area (TPSA) is 26.3 Å². The molecule has 86 valence electrons. The van der Waals surface area contributed by atoms with Crippen molar-refractivity contribution in [2.75, 3.05) is 0 Å². The van der Waals surface area contributed by atoms with Gasteiger partial charge in [0.2, 0.25) is 0 Å². The van der Waals surface area contributed by atoms with Gasteiger partial charge in [-0.25, -0.2) is 4.79 Å². The van der Waals surface area contributed by atoms with Gasteiger partial charge >= 0.3 is 5.97 Å². The van der Waals surface area contributed by atoms with Crippen molar-refractivity contribution in [1.82, 2.24) is 0 Å². The van der Waals surface area contributed by atoms with Crippen LogP contribution in [0.3, 0.4) is 0 Å². The lowest BCUT2D eigenvalue weighted by Crippen LogP contribution is -1.93. The Morgan fingerprint density at radius 1 is 1.24 bits per heavy atom. The van der Waals surface area contributed by atoms with E-state index in [1.165, 1.54) is 10.8 Å². The molecule has 3 heteroatoms. The molecule has 0 unspecified atom stereocenters. The SMILES string of the molecule is C=CC(=O)OSCc1cccc2ccccc12. The van der Waals surface area contributed by atoms with Gasteiger partial charge in [0.05, 0.1) is 17.8 Å². The molecule has 0 bridgehead atoms. The Morgan fingerprint density at radius 2 is 2.00 bits per heavy atom. The molecule has 0 aliphatic heterocycles. The average Bonchev–Trinajstić information content (AvgIpc) is 2.39. The highest BCUT2D eigenvalue weighted by Gasteiger charge is 2.02. The number of benzene rings is 2. The highest BCUT2D eigenvalue weighted by Crippen LogP contribution is 2.23. The van der Waals surface area contributed by atoms with Crippen LogP contribution in [0.4, 0.5) is 0 Å². The van der Waals surface area contributed by atoms with E-state index in [0.717, 1.165) is 23.7 Å². The van der Waals surface area contributed by atoms with Crippen LogP contribution in [0.2, 0.25) is 0 Å². The molecule has 2 nitrogen and oxygen atoms in total. The fraction of sp³-hybridized carbons (Fsp3) is 0.0714. The Labute approximate surface area is 104 Å². The summed E-state index contributed by atoms with van der Waals surface area (Å²) >= 11 is 1.13. The molecule has 0 N–H and O–H groups in total. The van der Waals surface area contributed by atoms with E-state index in [1.54, 1.807) is 0 Å². The lowest BCUT2D eigenvalue weighted by Gasteiger charge is -2.05. The van der Waals surface area contributed by atoms with Crippen LogP contribution in [0.15, 0.2) is 55.1 Å². The summed E-state index contributed by atoms with van der Waals surface area (Å²) in [4.78, 5) is 10.9. The van der Waals surface area contributed by atoms with E-state index in [4.69, 9.17) is 4.18 Å². The van der Waals surface area contributed by atoms with Gasteiger partial charge in [0.15, 0.2) is 0 Å². The fourth-order valence-corrected chi connectivity index (χ4v) is 2.23. The van der Waals surface area contributed by atoms with Gasteiger partial charge in [-0.1, -0.05) is 49.0 Å². The summed E-state index contributed by atoms with van der Waals surface area (Å²) in [6.45, 7) is 3.35. The summed E-state index contributed by atoms with van der Waals surface area (Å²) in [7, 11) is 0. The highest BCUT2D eigenvalue weighted by atomic mass is 32.2. The number of fused-ring (bicyclic) bond motifs is 1. The third kappa shape index (κ3) is 2.88. The summed E-state index contributed by atoms with van der Waals surface area (Å²) in [5, 5.41) is 2.39. The molecule has 17 heavy (non-hydrogen) atoms. The molecular formula is C14H12O2S. The van der Waals surface area contributed by atoms with Gasteiger partial charge in [-0.05, 0) is 16.3 Å². The van der Waals surface area contributed by atoms with Gasteiger partial charge in [-0.2, -0.15) is 0 Å². The van der Waals surface area contributed by atoms with Crippen LogP contribution in [0, 0.1) is 0 Å². The van der Waals surface area contributed by atoms with E-state index in [2.05, 4.69) is 24.8 Å². The maximum Gasteiger partial charge on any atom is 0.342 e. The quantitative estimate of drug-likeness (QED) is 0.605. The first-order valence-electron chi connectivity index (χ1n) is 5.24. The predicted octanol–water partition coefficient (Wildman–Crippen LogP) is 3.72. The molecule has 0 fully saturated rings. The number of hydrogen-bond acceptors (Lipinski definition) is 3. The standard InChI is InChI=1S/C14H12O2S/c1-2-14(15)16-17-10-12-8-5-7-11-6-3-4-9-13(11)12/h2-9H,1,10H2. The molecular weight excluding hydrogens is 232 g/mol. The van der Waals surface area contributed by atoms with Crippen LogP contribution in [0.1, 0.15) is 5.56 Å². The van der Waals surface area contributed by atoms with Crippen LogP contribution in [0.25, 0.3) is 10.8 Å². The maximum absolute atomic E-state index is 10.9. The third-order valence-corrected chi connectivity index (χ3v) is 3.11. The molecule has 0 aliphatic carbocycles. The Balaban J connectivity index is 2.13. The smallest absolute Gasteiger partial charge is 0.342 e. The lowest BCUT2D eigenvalue weighted by atomic mass is 10.1. The maximum atomic E-state index is 10.9. The molecule has 2 aromatic rings. The van der Waals surface area contributed by atoms with E-state index in [9.17, 15) is 4.79 Å². The van der Waals surface area contributed by atoms with E-state index >= 15 is 0 Å². The van der Waals surface area contributed by atoms with Crippen molar-refractivity contribution in [3.63, 3.8) is 0 Å². The monoisotopic (exact) mass is 244 g/mol. The van der Waals surface area contributed by atoms with Crippen LogP contribution in [0.5, 0.6) is 0 Å². The Bertz CT molecular complexity index is 543. The lowest BCUT2D eigenvalue weighted by molar-refractivity contribution is -0.127. The Hall–Kier alpha value is -1.74. The van der Waals surface area contributed by atoms with Crippen molar-refractivity contribution in [2.24, 2.45) is 0 Å². The zero-order valence-corrected chi connectivity index (χ0v) is 10.1. The average molecular weight is 244 g/mol. The second-order valence-electron chi connectivity index (χ2n) is 3.51. The van der Waals surface area contributed by atoms with Crippen molar-refractivity contribution in [1.29, 1.82) is 0 Å². The molecule has 0 aliphatic rings. The second-order valence-corrected chi connectivity index (χ2v) is 4.20. The van der Waals surface area contributed by atoms with Crippen molar-refractivity contribution < 1.29 is 8.98 Å². The summed E-state index contributed by atoms with van der Waals surface area (Å²) < 4.78 is 4.90. The molecule has 0 saturated carbocycles. The van der Waals surface area contributed by atoms with Crippen molar-refractivity contribution in [3.05, 3.63) is 60.7 Å². The molecule has 0 amide bonds. The molecule has 0 radical (unpaired) electrons. The van der Waals surface area contributed by atoms with Crippen molar-refractivity contribution in [2.45, 2.75) is 5.75 Å². The Morgan fingerprint density at radius 3 is 2.82 bits per heavy atom. The second kappa shape index (κ2) is 5.55. The van der Waals surface area contributed by atoms with E-state index in [0.29, 0.717) is 5.75 Å². The molecule has 2 rings (SSSR count). The molecule has 0 heterocycles. The summed E-state index contributed by atoms with van der Waals surface area (Å²) in [6.07, 6.45) is 1.16. The minimum atomic E-state index is -0.407. The van der Waals surface area contributed by atoms with Gasteiger partial charge in [0, 0.05) is 6.08 Å². The van der Waals surface area contributed by atoms with E-state index < -0.39 is 5.97 Å². The summed E-state index contributed by atoms with van der Waals surface area (Å²) in [5.74, 6) is 0.233. The molecule has 0 saturated heterocycles. The first-order chi connectivity index (χ1) is 8.31. The van der Waals surface area contributed by atoms with Gasteiger partial charge in [-0.15, -0.1) is 0 Å². The molecule has 0 spiro atoms. The van der Waals surface area contributed by atoms with Crippen LogP contribution < -0.4 is 0 Å². The Kier molecular flexibility index (Phi) is 3.83. The molecule has 2 aromatic carbocycles. The number of hydrogen-bond donors (Lipinski definition) is 0. The first-order valence-corrected chi connectivity index (χ1v) is 6.15. The van der Waals surface area contributed by atoms with Gasteiger partial charge < -0.3 is 4.18 Å². The van der Waals surface area contributed by atoms with Crippen molar-refractivity contribution >= 4 is 28.8 Å². The number of carbonyl (C=O) groups is 1. The number of carbonyl (C=O) groups excluding carboxylic acids is 1. The van der Waals surface area contributed by atoms with Crippen LogP contribution in [-0.4, -0.2) is 5.97 Å². The van der Waals surface area contributed by atoms with Gasteiger partial charge in [-0.3, -0.25) is 0 Å². The minimum absolute atomic E-state index is 0.407. The van der Waals surface area contributed by atoms with E-state index in [-0.39, 0.29) is 0 Å². The van der Waals surface area contributed by atoms with E-state index in [1.807, 2.05) is 24.3 Å². The zero-order chi connectivity index (χ0) is 12.1.